The van der Waals surface area contributed by atoms with Crippen LogP contribution < -0.4 is 16.0 Å². The summed E-state index contributed by atoms with van der Waals surface area (Å²) in [5.74, 6) is -0.815. The molecular formula is C21H20N4O3S. The molecule has 3 heterocycles. The Morgan fingerprint density at radius 3 is 2.83 bits per heavy atom. The second-order valence-corrected chi connectivity index (χ2v) is 8.25. The largest absolute Gasteiger partial charge is 0.420 e. The van der Waals surface area contributed by atoms with Gasteiger partial charge in [-0.25, -0.2) is 9.78 Å². The molecule has 1 amide bonds. The number of fused-ring (bicyclic) bond motifs is 2. The highest BCUT2D eigenvalue weighted by molar-refractivity contribution is 7.22. The smallest absolute Gasteiger partial charge is 0.408 e. The normalized spacial score (nSPS) is 15.3. The van der Waals surface area contributed by atoms with Gasteiger partial charge in [0.15, 0.2) is 10.7 Å². The van der Waals surface area contributed by atoms with Crippen LogP contribution in [0.3, 0.4) is 0 Å². The van der Waals surface area contributed by atoms with E-state index in [1.54, 1.807) is 36.5 Å². The Kier molecular flexibility index (Phi) is 4.35. The molecule has 0 unspecified atom stereocenters. The third kappa shape index (κ3) is 3.19. The van der Waals surface area contributed by atoms with Gasteiger partial charge in [0.05, 0.1) is 15.7 Å². The molecule has 5 rings (SSSR count). The van der Waals surface area contributed by atoms with Crippen LogP contribution >= 0.6 is 11.3 Å². The minimum Gasteiger partial charge on any atom is -0.408 e. The fourth-order valence-electron chi connectivity index (χ4n) is 3.75. The molecule has 0 radical (unpaired) electrons. The SMILES string of the molecule is C[C@@H](C(=O)Nc1ccc2nc(N3CCCC3)sc2c1)n1c(=O)oc2ccccc21. The Labute approximate surface area is 170 Å². The van der Waals surface area contributed by atoms with E-state index in [0.717, 1.165) is 28.4 Å². The summed E-state index contributed by atoms with van der Waals surface area (Å²) in [4.78, 5) is 32.1. The number of carbonyl (C=O) groups excluding carboxylic acids is 1. The van der Waals surface area contributed by atoms with Crippen molar-refractivity contribution < 1.29 is 9.21 Å². The first-order valence-electron chi connectivity index (χ1n) is 9.66. The molecule has 148 valence electrons. The van der Waals surface area contributed by atoms with Gasteiger partial charge in [-0.1, -0.05) is 23.5 Å². The van der Waals surface area contributed by atoms with Crippen LogP contribution in [-0.4, -0.2) is 28.5 Å². The number of benzene rings is 2. The number of oxazole rings is 1. The number of carbonyl (C=O) groups is 1. The Balaban J connectivity index is 1.40. The van der Waals surface area contributed by atoms with Crippen molar-refractivity contribution in [3.05, 3.63) is 53.0 Å². The van der Waals surface area contributed by atoms with Crippen molar-refractivity contribution in [3.8, 4) is 0 Å². The summed E-state index contributed by atoms with van der Waals surface area (Å²) in [6, 6.07) is 12.1. The molecule has 2 aromatic heterocycles. The van der Waals surface area contributed by atoms with E-state index in [2.05, 4.69) is 10.2 Å². The van der Waals surface area contributed by atoms with Crippen molar-refractivity contribution in [2.45, 2.75) is 25.8 Å². The van der Waals surface area contributed by atoms with E-state index < -0.39 is 11.8 Å². The van der Waals surface area contributed by atoms with Gasteiger partial charge in [0.1, 0.15) is 6.04 Å². The number of hydrogen-bond acceptors (Lipinski definition) is 6. The maximum absolute atomic E-state index is 12.8. The fourth-order valence-corrected chi connectivity index (χ4v) is 4.81. The van der Waals surface area contributed by atoms with Gasteiger partial charge in [-0.15, -0.1) is 0 Å². The predicted octanol–water partition coefficient (Wildman–Crippen LogP) is 4.00. The number of anilines is 2. The van der Waals surface area contributed by atoms with E-state index in [0.29, 0.717) is 16.8 Å². The van der Waals surface area contributed by atoms with Gasteiger partial charge >= 0.3 is 5.76 Å². The quantitative estimate of drug-likeness (QED) is 0.552. The van der Waals surface area contributed by atoms with Crippen molar-refractivity contribution in [1.82, 2.24) is 9.55 Å². The van der Waals surface area contributed by atoms with Gasteiger partial charge in [-0.3, -0.25) is 9.36 Å². The molecule has 1 aliphatic heterocycles. The van der Waals surface area contributed by atoms with Crippen molar-refractivity contribution >= 4 is 49.4 Å². The molecule has 0 saturated carbocycles. The summed E-state index contributed by atoms with van der Waals surface area (Å²) < 4.78 is 7.65. The van der Waals surface area contributed by atoms with Gasteiger partial charge in [-0.05, 0) is 50.1 Å². The first-order valence-corrected chi connectivity index (χ1v) is 10.5. The zero-order valence-electron chi connectivity index (χ0n) is 15.9. The van der Waals surface area contributed by atoms with E-state index in [9.17, 15) is 9.59 Å². The second-order valence-electron chi connectivity index (χ2n) is 7.24. The van der Waals surface area contributed by atoms with Gasteiger partial charge in [0.25, 0.3) is 0 Å². The zero-order valence-corrected chi connectivity index (χ0v) is 16.7. The number of nitrogens with zero attached hydrogens (tertiary/aromatic N) is 3. The third-order valence-corrected chi connectivity index (χ3v) is 6.39. The number of hydrogen-bond donors (Lipinski definition) is 1. The molecule has 0 spiro atoms. The van der Waals surface area contributed by atoms with Crippen LogP contribution in [0.1, 0.15) is 25.8 Å². The molecule has 1 saturated heterocycles. The fraction of sp³-hybridized carbons (Fsp3) is 0.286. The third-order valence-electron chi connectivity index (χ3n) is 5.31. The van der Waals surface area contributed by atoms with E-state index in [1.807, 2.05) is 24.3 Å². The maximum atomic E-state index is 12.8. The monoisotopic (exact) mass is 408 g/mol. The van der Waals surface area contributed by atoms with Crippen molar-refractivity contribution in [2.24, 2.45) is 0 Å². The zero-order chi connectivity index (χ0) is 20.0. The van der Waals surface area contributed by atoms with Crippen molar-refractivity contribution in [1.29, 1.82) is 0 Å². The van der Waals surface area contributed by atoms with E-state index in [-0.39, 0.29) is 5.91 Å². The van der Waals surface area contributed by atoms with Gasteiger partial charge in [0, 0.05) is 18.8 Å². The van der Waals surface area contributed by atoms with E-state index >= 15 is 0 Å². The lowest BCUT2D eigenvalue weighted by atomic mass is 10.2. The van der Waals surface area contributed by atoms with Gasteiger partial charge in [-0.2, -0.15) is 0 Å². The number of rotatable bonds is 4. The van der Waals surface area contributed by atoms with E-state index in [4.69, 9.17) is 9.40 Å². The van der Waals surface area contributed by atoms with Crippen LogP contribution in [0.25, 0.3) is 21.3 Å². The highest BCUT2D eigenvalue weighted by Gasteiger charge is 2.22. The van der Waals surface area contributed by atoms with Crippen LogP contribution in [0, 0.1) is 0 Å². The lowest BCUT2D eigenvalue weighted by Crippen LogP contribution is -2.29. The number of amides is 1. The molecule has 1 N–H and O–H groups in total. The first-order chi connectivity index (χ1) is 14.1. The number of thiazole rings is 1. The molecule has 8 heteroatoms. The lowest BCUT2D eigenvalue weighted by molar-refractivity contribution is -0.118. The van der Waals surface area contributed by atoms with Crippen LogP contribution in [0.2, 0.25) is 0 Å². The molecule has 0 aliphatic carbocycles. The summed E-state index contributed by atoms with van der Waals surface area (Å²) in [6.45, 7) is 3.79. The molecule has 1 fully saturated rings. The summed E-state index contributed by atoms with van der Waals surface area (Å²) >= 11 is 1.64. The predicted molar refractivity (Wildman–Crippen MR) is 115 cm³/mol. The first kappa shape index (κ1) is 17.9. The number of para-hydroxylation sites is 2. The van der Waals surface area contributed by atoms with Crippen molar-refractivity contribution in [3.63, 3.8) is 0 Å². The standard InChI is InChI=1S/C21H20N4O3S/c1-13(25-16-6-2-3-7-17(16)28-21(25)27)19(26)22-14-8-9-15-18(12-14)29-20(23-15)24-10-4-5-11-24/h2-3,6-9,12-13H,4-5,10-11H2,1H3,(H,22,26)/t13-/m0/s1. The number of aromatic nitrogens is 2. The average molecular weight is 408 g/mol. The van der Waals surface area contributed by atoms with Crippen molar-refractivity contribution in [2.75, 3.05) is 23.3 Å². The van der Waals surface area contributed by atoms with Crippen LogP contribution in [0.5, 0.6) is 0 Å². The Morgan fingerprint density at radius 2 is 2.00 bits per heavy atom. The molecule has 29 heavy (non-hydrogen) atoms. The Bertz CT molecular complexity index is 1270. The number of nitrogens with one attached hydrogen (secondary N) is 1. The minimum absolute atomic E-state index is 0.276. The molecule has 7 nitrogen and oxygen atoms in total. The summed E-state index contributed by atoms with van der Waals surface area (Å²) in [5, 5.41) is 3.95. The summed E-state index contributed by atoms with van der Waals surface area (Å²) in [5.41, 5.74) is 2.69. The van der Waals surface area contributed by atoms with Crippen LogP contribution in [-0.2, 0) is 4.79 Å². The summed E-state index contributed by atoms with van der Waals surface area (Å²) in [6.07, 6.45) is 2.41. The molecule has 4 aromatic rings. The molecule has 1 atom stereocenters. The molecular weight excluding hydrogens is 388 g/mol. The van der Waals surface area contributed by atoms with Gasteiger partial charge in [0.2, 0.25) is 5.91 Å². The Hall–Kier alpha value is -3.13. The summed E-state index contributed by atoms with van der Waals surface area (Å²) in [7, 11) is 0. The molecule has 0 bridgehead atoms. The van der Waals surface area contributed by atoms with Gasteiger partial charge < -0.3 is 14.6 Å². The Morgan fingerprint density at radius 1 is 1.21 bits per heavy atom. The van der Waals surface area contributed by atoms with Crippen LogP contribution in [0.4, 0.5) is 10.8 Å². The topological polar surface area (TPSA) is 80.4 Å². The minimum atomic E-state index is -0.705. The lowest BCUT2D eigenvalue weighted by Gasteiger charge is -2.13. The molecule has 1 aliphatic rings. The average Bonchev–Trinajstić information content (AvgIpc) is 3.44. The molecule has 2 aromatic carbocycles. The highest BCUT2D eigenvalue weighted by atomic mass is 32.1. The second kappa shape index (κ2) is 7.04. The maximum Gasteiger partial charge on any atom is 0.420 e. The highest BCUT2D eigenvalue weighted by Crippen LogP contribution is 2.32. The van der Waals surface area contributed by atoms with E-state index in [1.165, 1.54) is 17.4 Å². The van der Waals surface area contributed by atoms with Crippen LogP contribution in [0.15, 0.2) is 51.7 Å².